The van der Waals surface area contributed by atoms with E-state index in [1.807, 2.05) is 48.5 Å². The van der Waals surface area contributed by atoms with Gasteiger partial charge in [0.15, 0.2) is 12.1 Å². The van der Waals surface area contributed by atoms with Crippen LogP contribution in [0.5, 0.6) is 0 Å². The summed E-state index contributed by atoms with van der Waals surface area (Å²) in [5.74, 6) is -0.397. The first-order valence-electron chi connectivity index (χ1n) is 13.7. The first kappa shape index (κ1) is 27.8. The Morgan fingerprint density at radius 1 is 1.03 bits per heavy atom. The van der Waals surface area contributed by atoms with Gasteiger partial charge in [0.25, 0.3) is 0 Å². The summed E-state index contributed by atoms with van der Waals surface area (Å²) in [6.07, 6.45) is 2.82. The van der Waals surface area contributed by atoms with Gasteiger partial charge in [0.1, 0.15) is 6.61 Å². The molecule has 9 nitrogen and oxygen atoms in total. The Balaban J connectivity index is 1.24. The first-order valence-corrected chi connectivity index (χ1v) is 13.7. The normalized spacial score (nSPS) is 24.9. The lowest BCUT2D eigenvalue weighted by molar-refractivity contribution is -0.255. The molecule has 3 aliphatic heterocycles. The number of nitrogens with zero attached hydrogens (tertiary/aromatic N) is 1. The summed E-state index contributed by atoms with van der Waals surface area (Å²) < 4.78 is 29.7. The highest BCUT2D eigenvalue weighted by atomic mass is 16.7. The van der Waals surface area contributed by atoms with E-state index in [-0.39, 0.29) is 25.4 Å². The van der Waals surface area contributed by atoms with Crippen LogP contribution in [0.15, 0.2) is 61.2 Å². The first-order chi connectivity index (χ1) is 19.1. The third-order valence-electron chi connectivity index (χ3n) is 7.53. The average Bonchev–Trinajstić information content (AvgIpc) is 3.44. The van der Waals surface area contributed by atoms with Crippen molar-refractivity contribution in [1.29, 1.82) is 0 Å². The van der Waals surface area contributed by atoms with Crippen LogP contribution in [-0.4, -0.2) is 67.4 Å². The van der Waals surface area contributed by atoms with Crippen LogP contribution in [0, 0.1) is 0 Å². The molecule has 210 valence electrons. The van der Waals surface area contributed by atoms with Crippen molar-refractivity contribution in [2.75, 3.05) is 39.5 Å². The Hall–Kier alpha value is -2.79. The molecule has 3 heterocycles. The predicted molar refractivity (Wildman–Crippen MR) is 144 cm³/mol. The van der Waals surface area contributed by atoms with Gasteiger partial charge < -0.3 is 39.0 Å². The standard InChI is InChI=1S/C30H38N2O7/c1-2-15-35-29(34)31-19-22-3-9-25(10-4-22)28-38-26(18-27(39-28)24-7-5-23(21-33)6-8-24)20-32-13-11-30(12-14-32)36-16-17-37-30/h2-10,26-28,33H,1,11-21H2,(H,31,34)/t26-,27+,28+/m0/s1. The van der Waals surface area contributed by atoms with E-state index in [0.717, 1.165) is 61.2 Å². The van der Waals surface area contributed by atoms with Crippen LogP contribution in [0.1, 0.15) is 53.9 Å². The highest BCUT2D eigenvalue weighted by molar-refractivity contribution is 5.67. The molecule has 1 amide bonds. The fourth-order valence-corrected chi connectivity index (χ4v) is 5.34. The number of alkyl carbamates (subject to hydrolysis) is 1. The molecule has 3 aliphatic rings. The molecule has 39 heavy (non-hydrogen) atoms. The number of ether oxygens (including phenoxy) is 5. The average molecular weight is 539 g/mol. The molecule has 0 aromatic heterocycles. The number of likely N-dealkylation sites (tertiary alicyclic amines) is 1. The zero-order valence-electron chi connectivity index (χ0n) is 22.3. The van der Waals surface area contributed by atoms with Gasteiger partial charge in [-0.05, 0) is 16.7 Å². The maximum absolute atomic E-state index is 11.7. The number of carbonyl (C=O) groups excluding carboxylic acids is 1. The molecule has 3 atom stereocenters. The fraction of sp³-hybridized carbons (Fsp3) is 0.500. The molecule has 2 aromatic rings. The van der Waals surface area contributed by atoms with Crippen molar-refractivity contribution in [2.45, 2.75) is 56.7 Å². The van der Waals surface area contributed by atoms with E-state index in [4.69, 9.17) is 23.7 Å². The summed E-state index contributed by atoms with van der Waals surface area (Å²) in [5.41, 5.74) is 3.79. The summed E-state index contributed by atoms with van der Waals surface area (Å²) >= 11 is 0. The summed E-state index contributed by atoms with van der Waals surface area (Å²) in [7, 11) is 0. The van der Waals surface area contributed by atoms with Gasteiger partial charge in [-0.2, -0.15) is 0 Å². The SMILES string of the molecule is C=CCOC(=O)NCc1ccc([C@@H]2O[C@H](CN3CCC4(CC3)OCCO4)C[C@H](c3ccc(CO)cc3)O2)cc1. The van der Waals surface area contributed by atoms with Crippen molar-refractivity contribution in [2.24, 2.45) is 0 Å². The van der Waals surface area contributed by atoms with Crippen LogP contribution >= 0.6 is 0 Å². The number of amides is 1. The molecule has 2 aromatic carbocycles. The number of hydrogen-bond donors (Lipinski definition) is 2. The van der Waals surface area contributed by atoms with Crippen molar-refractivity contribution in [3.8, 4) is 0 Å². The minimum Gasteiger partial charge on any atom is -0.445 e. The van der Waals surface area contributed by atoms with Crippen molar-refractivity contribution in [3.05, 3.63) is 83.4 Å². The van der Waals surface area contributed by atoms with Crippen molar-refractivity contribution >= 4 is 6.09 Å². The van der Waals surface area contributed by atoms with Gasteiger partial charge in [-0.1, -0.05) is 61.2 Å². The van der Waals surface area contributed by atoms with Gasteiger partial charge in [-0.15, -0.1) is 0 Å². The van der Waals surface area contributed by atoms with E-state index in [9.17, 15) is 9.90 Å². The monoisotopic (exact) mass is 538 g/mol. The minimum atomic E-state index is -0.525. The van der Waals surface area contributed by atoms with Crippen LogP contribution in [-0.2, 0) is 36.8 Å². The van der Waals surface area contributed by atoms with E-state index in [2.05, 4.69) is 16.8 Å². The maximum atomic E-state index is 11.7. The van der Waals surface area contributed by atoms with Gasteiger partial charge in [0, 0.05) is 51.0 Å². The molecule has 0 aliphatic carbocycles. The maximum Gasteiger partial charge on any atom is 0.407 e. The largest absolute Gasteiger partial charge is 0.445 e. The topological polar surface area (TPSA) is 98.7 Å². The number of piperidine rings is 1. The smallest absolute Gasteiger partial charge is 0.407 e. The molecule has 1 spiro atoms. The summed E-state index contributed by atoms with van der Waals surface area (Å²) in [6.45, 7) is 8.03. The number of carbonyl (C=O) groups is 1. The molecule has 0 unspecified atom stereocenters. The summed E-state index contributed by atoms with van der Waals surface area (Å²) in [5, 5.41) is 12.2. The molecular formula is C30H38N2O7. The van der Waals surface area contributed by atoms with Crippen molar-refractivity contribution in [3.63, 3.8) is 0 Å². The Morgan fingerprint density at radius 3 is 2.36 bits per heavy atom. The number of benzene rings is 2. The summed E-state index contributed by atoms with van der Waals surface area (Å²) in [4.78, 5) is 14.1. The fourth-order valence-electron chi connectivity index (χ4n) is 5.34. The Labute approximate surface area is 229 Å². The number of rotatable bonds is 9. The lowest BCUT2D eigenvalue weighted by atomic mass is 9.98. The van der Waals surface area contributed by atoms with Crippen molar-refractivity contribution < 1.29 is 33.6 Å². The Bertz CT molecular complexity index is 1080. The van der Waals surface area contributed by atoms with Gasteiger partial charge in [0.2, 0.25) is 0 Å². The van der Waals surface area contributed by atoms with Crippen LogP contribution in [0.3, 0.4) is 0 Å². The zero-order valence-corrected chi connectivity index (χ0v) is 22.3. The van der Waals surface area contributed by atoms with Crippen LogP contribution in [0.2, 0.25) is 0 Å². The third kappa shape index (κ3) is 7.25. The lowest BCUT2D eigenvalue weighted by Gasteiger charge is -2.41. The van der Waals surface area contributed by atoms with E-state index >= 15 is 0 Å². The Morgan fingerprint density at radius 2 is 1.69 bits per heavy atom. The van der Waals surface area contributed by atoms with Gasteiger partial charge >= 0.3 is 6.09 Å². The summed E-state index contributed by atoms with van der Waals surface area (Å²) in [6, 6.07) is 15.8. The van der Waals surface area contributed by atoms with E-state index < -0.39 is 18.2 Å². The number of aliphatic hydroxyl groups excluding tert-OH is 1. The molecule has 2 N–H and O–H groups in total. The van der Waals surface area contributed by atoms with Crippen LogP contribution in [0.25, 0.3) is 0 Å². The third-order valence-corrected chi connectivity index (χ3v) is 7.53. The highest BCUT2D eigenvalue weighted by Crippen LogP contribution is 2.39. The van der Waals surface area contributed by atoms with Gasteiger partial charge in [-0.3, -0.25) is 0 Å². The van der Waals surface area contributed by atoms with Gasteiger partial charge in [-0.25, -0.2) is 4.79 Å². The number of aliphatic hydroxyl groups is 1. The molecule has 5 rings (SSSR count). The molecule has 0 saturated carbocycles. The second kappa shape index (κ2) is 13.0. The van der Waals surface area contributed by atoms with Crippen LogP contribution < -0.4 is 5.32 Å². The number of nitrogens with one attached hydrogen (secondary N) is 1. The minimum absolute atomic E-state index is 0.0111. The molecule has 9 heteroatoms. The van der Waals surface area contributed by atoms with Gasteiger partial charge in [0.05, 0.1) is 32.0 Å². The predicted octanol–water partition coefficient (Wildman–Crippen LogP) is 3.98. The molecular weight excluding hydrogens is 500 g/mol. The highest BCUT2D eigenvalue weighted by Gasteiger charge is 2.41. The quantitative estimate of drug-likeness (QED) is 0.463. The molecule has 3 saturated heterocycles. The Kier molecular flexibility index (Phi) is 9.28. The lowest BCUT2D eigenvalue weighted by Crippen LogP contribution is -2.48. The van der Waals surface area contributed by atoms with Crippen LogP contribution in [0.4, 0.5) is 4.79 Å². The number of hydrogen-bond acceptors (Lipinski definition) is 8. The second-order valence-corrected chi connectivity index (χ2v) is 10.2. The zero-order chi connectivity index (χ0) is 27.1. The van der Waals surface area contributed by atoms with E-state index in [0.29, 0.717) is 19.8 Å². The van der Waals surface area contributed by atoms with Crippen molar-refractivity contribution in [1.82, 2.24) is 10.2 Å². The molecule has 0 radical (unpaired) electrons. The molecule has 0 bridgehead atoms. The molecule has 3 fully saturated rings. The second-order valence-electron chi connectivity index (χ2n) is 10.2. The van der Waals surface area contributed by atoms with E-state index in [1.54, 1.807) is 0 Å². The van der Waals surface area contributed by atoms with E-state index in [1.165, 1.54) is 6.08 Å².